The number of hydrogen-bond donors (Lipinski definition) is 0. The van der Waals surface area contributed by atoms with Crippen molar-refractivity contribution >= 4 is 17.4 Å². The topological polar surface area (TPSA) is 41.4 Å². The quantitative estimate of drug-likeness (QED) is 0.438. The van der Waals surface area contributed by atoms with E-state index >= 15 is 0 Å². The summed E-state index contributed by atoms with van der Waals surface area (Å²) < 4.78 is 41.9. The van der Waals surface area contributed by atoms with Crippen LogP contribution in [0.1, 0.15) is 35.7 Å². The summed E-state index contributed by atoms with van der Waals surface area (Å²) in [6, 6.07) is 3.99. The molecule has 0 saturated carbocycles. The minimum atomic E-state index is -4.38. The second kappa shape index (κ2) is 7.23. The summed E-state index contributed by atoms with van der Waals surface area (Å²) in [5.41, 5.74) is 2.96. The van der Waals surface area contributed by atoms with E-state index in [1.165, 1.54) is 6.07 Å². The molecule has 0 saturated heterocycles. The van der Waals surface area contributed by atoms with Gasteiger partial charge >= 0.3 is 172 Å². The first-order valence-corrected chi connectivity index (χ1v) is 12.3. The van der Waals surface area contributed by atoms with Gasteiger partial charge in [0.25, 0.3) is 0 Å². The third-order valence-corrected chi connectivity index (χ3v) is 7.10. The Kier molecular flexibility index (Phi) is 5.05. The summed E-state index contributed by atoms with van der Waals surface area (Å²) in [5, 5.41) is 4.79. The average Bonchev–Trinajstić information content (AvgIpc) is 3.04. The Labute approximate surface area is 172 Å². The van der Waals surface area contributed by atoms with Gasteiger partial charge in [-0.2, -0.15) is 0 Å². The van der Waals surface area contributed by atoms with E-state index in [0.29, 0.717) is 31.1 Å². The van der Waals surface area contributed by atoms with Crippen molar-refractivity contribution in [3.05, 3.63) is 40.6 Å². The molecule has 1 amide bonds. The molecule has 1 aromatic carbocycles. The Bertz CT molecular complexity index is 925. The van der Waals surface area contributed by atoms with Crippen LogP contribution in [0.15, 0.2) is 18.2 Å². The van der Waals surface area contributed by atoms with E-state index in [2.05, 4.69) is 4.93 Å². The molecule has 0 spiro atoms. The van der Waals surface area contributed by atoms with Crippen LogP contribution < -0.4 is 26.4 Å². The summed E-state index contributed by atoms with van der Waals surface area (Å²) in [6.45, 7) is 3.30. The monoisotopic (exact) mass is 505 g/mol. The van der Waals surface area contributed by atoms with Crippen molar-refractivity contribution in [2.75, 3.05) is 22.9 Å². The summed E-state index contributed by atoms with van der Waals surface area (Å²) >= 11 is -0.338. The van der Waals surface area contributed by atoms with Gasteiger partial charge in [-0.3, -0.25) is 0 Å². The maximum atomic E-state index is 13.3. The van der Waals surface area contributed by atoms with Crippen molar-refractivity contribution in [2.45, 2.75) is 38.9 Å². The Hall–Kier alpha value is -1.78. The Morgan fingerprint density at radius 2 is 2.00 bits per heavy atom. The third kappa shape index (κ3) is 3.37. The van der Waals surface area contributed by atoms with Gasteiger partial charge in [-0.15, -0.1) is 0 Å². The van der Waals surface area contributed by atoms with Crippen LogP contribution in [0.5, 0.6) is 0 Å². The van der Waals surface area contributed by atoms with Crippen LogP contribution in [-0.2, 0) is 30.4 Å². The average molecular weight is 505 g/mol. The van der Waals surface area contributed by atoms with Crippen molar-refractivity contribution in [3.8, 4) is 0 Å². The van der Waals surface area contributed by atoms with Crippen molar-refractivity contribution in [1.82, 2.24) is 12.9 Å². The molecule has 0 radical (unpaired) electrons. The van der Waals surface area contributed by atoms with Crippen LogP contribution in [0, 0.1) is 0 Å². The molecular formula is C19H21F3IN4O-. The molecule has 0 fully saturated rings. The van der Waals surface area contributed by atoms with Gasteiger partial charge in [0.2, 0.25) is 0 Å². The zero-order valence-electron chi connectivity index (χ0n) is 15.7. The fourth-order valence-electron chi connectivity index (χ4n) is 3.96. The number of hydrogen-bond acceptors (Lipinski definition) is 3. The maximum absolute atomic E-state index is 13.3. The first-order valence-electron chi connectivity index (χ1n) is 9.13. The number of fused-ring (bicyclic) bond motifs is 2. The van der Waals surface area contributed by atoms with Gasteiger partial charge in [0.15, 0.2) is 0 Å². The normalized spacial score (nSPS) is 16.9. The van der Waals surface area contributed by atoms with E-state index in [1.54, 1.807) is 17.9 Å². The predicted molar refractivity (Wildman–Crippen MR) is 95.1 cm³/mol. The second-order valence-corrected chi connectivity index (χ2v) is 8.94. The Balaban J connectivity index is 1.81. The van der Waals surface area contributed by atoms with E-state index in [0.717, 1.165) is 42.1 Å². The van der Waals surface area contributed by atoms with Gasteiger partial charge in [-0.25, -0.2) is 0 Å². The van der Waals surface area contributed by atoms with Crippen molar-refractivity contribution in [2.24, 2.45) is 0 Å². The number of carbonyl (C=O) groups excluding carboxylic acids is 1. The number of amides is 1. The molecule has 28 heavy (non-hydrogen) atoms. The van der Waals surface area contributed by atoms with Crippen molar-refractivity contribution in [3.63, 3.8) is 0 Å². The molecule has 1 aromatic heterocycles. The number of carbonyl (C=O) groups is 1. The van der Waals surface area contributed by atoms with Gasteiger partial charge in [-0.05, 0) is 0 Å². The molecule has 4 rings (SSSR count). The zero-order valence-corrected chi connectivity index (χ0v) is 17.8. The number of anilines is 2. The number of rotatable bonds is 2. The fraction of sp³-hybridized carbons (Fsp3) is 0.474. The van der Waals surface area contributed by atoms with E-state index in [-0.39, 0.29) is 27.4 Å². The van der Waals surface area contributed by atoms with Crippen LogP contribution in [0.3, 0.4) is 0 Å². The molecule has 0 atom stereocenters. The summed E-state index contributed by atoms with van der Waals surface area (Å²) in [4.78, 5) is 17.7. The molecule has 152 valence electrons. The molecule has 3 heterocycles. The number of aromatic nitrogens is 2. The first kappa shape index (κ1) is 19.5. The van der Waals surface area contributed by atoms with Crippen LogP contribution in [0.2, 0.25) is 0 Å². The molecule has 0 bridgehead atoms. The van der Waals surface area contributed by atoms with Gasteiger partial charge < -0.3 is 0 Å². The molecule has 0 N–H and O–H groups in total. The van der Waals surface area contributed by atoms with E-state index in [9.17, 15) is 18.0 Å². The fourth-order valence-corrected chi connectivity index (χ4v) is 5.49. The standard InChI is InChI=1S/C19H21F3IN4O/c1-12(28)25-9-7-16-15(11-25)18(24-27(16)23-2)26-8-3-4-13-5-6-14(10-17(13)26)19(20,21)22/h5-6,10H,3-4,7-9,11H2,1-2H3/q-1. The zero-order chi connectivity index (χ0) is 20.1. The molecular weight excluding hydrogens is 484 g/mol. The molecule has 5 nitrogen and oxygen atoms in total. The number of benzene rings is 1. The van der Waals surface area contributed by atoms with Crippen LogP contribution in [0.4, 0.5) is 24.7 Å². The van der Waals surface area contributed by atoms with Gasteiger partial charge in [-0.1, -0.05) is 0 Å². The molecule has 0 aliphatic carbocycles. The SMILES string of the molecule is C[I-]n1nc(N2CCCc3ccc(C(F)(F)F)cc32)c2c1CCN(C(C)=O)C2. The number of halogens is 4. The molecule has 2 aliphatic rings. The summed E-state index contributed by atoms with van der Waals surface area (Å²) in [7, 11) is 0. The number of aryl methyl sites for hydroxylation is 1. The molecule has 9 heteroatoms. The van der Waals surface area contributed by atoms with E-state index in [1.807, 2.05) is 7.80 Å². The van der Waals surface area contributed by atoms with Crippen LogP contribution in [0.25, 0.3) is 0 Å². The predicted octanol–water partition coefficient (Wildman–Crippen LogP) is 0.373. The van der Waals surface area contributed by atoms with Crippen LogP contribution in [-0.4, -0.2) is 36.8 Å². The van der Waals surface area contributed by atoms with Crippen molar-refractivity contribution < 1.29 is 39.4 Å². The second-order valence-electron chi connectivity index (χ2n) is 7.07. The Morgan fingerprint density at radius 3 is 2.68 bits per heavy atom. The summed E-state index contributed by atoms with van der Waals surface area (Å²) in [6.07, 6.45) is -2.03. The number of alkyl halides is 4. The third-order valence-electron chi connectivity index (χ3n) is 5.38. The number of nitrogens with zero attached hydrogens (tertiary/aromatic N) is 4. The minimum absolute atomic E-state index is 0.00829. The van der Waals surface area contributed by atoms with E-state index < -0.39 is 11.7 Å². The first-order chi connectivity index (χ1) is 13.3. The van der Waals surface area contributed by atoms with E-state index in [4.69, 9.17) is 5.10 Å². The molecule has 2 aliphatic heterocycles. The van der Waals surface area contributed by atoms with Gasteiger partial charge in [0, 0.05) is 0 Å². The summed E-state index contributed by atoms with van der Waals surface area (Å²) in [5.74, 6) is 0.719. The molecule has 2 aromatic rings. The van der Waals surface area contributed by atoms with Gasteiger partial charge in [0.05, 0.1) is 0 Å². The van der Waals surface area contributed by atoms with Crippen molar-refractivity contribution in [1.29, 1.82) is 0 Å². The molecule has 0 unspecified atom stereocenters. The van der Waals surface area contributed by atoms with Crippen LogP contribution >= 0.6 is 0 Å². The Morgan fingerprint density at radius 1 is 1.21 bits per heavy atom. The van der Waals surface area contributed by atoms with Gasteiger partial charge in [0.1, 0.15) is 0 Å².